The number of fused-ring (bicyclic) bond motifs is 3. The number of rotatable bonds is 13. The van der Waals surface area contributed by atoms with Crippen molar-refractivity contribution in [3.05, 3.63) is 22.8 Å². The molecule has 264 valence electrons. The Morgan fingerprint density at radius 3 is 2.26 bits per heavy atom. The average molecular weight is 667 g/mol. The van der Waals surface area contributed by atoms with Crippen LogP contribution in [0.5, 0.6) is 0 Å². The van der Waals surface area contributed by atoms with Gasteiger partial charge in [0, 0.05) is 25.3 Å². The fourth-order valence-electron chi connectivity index (χ4n) is 6.91. The predicted octanol–water partition coefficient (Wildman–Crippen LogP) is 2.90. The van der Waals surface area contributed by atoms with Gasteiger partial charge in [-0.2, -0.15) is 0 Å². The first kappa shape index (κ1) is 38.2. The highest BCUT2D eigenvalue weighted by Gasteiger charge is 2.76. The molecule has 13 heteroatoms. The summed E-state index contributed by atoms with van der Waals surface area (Å²) >= 11 is 0. The molecular weight excluding hydrogens is 616 g/mol. The highest BCUT2D eigenvalue weighted by Crippen LogP contribution is 2.57. The molecule has 13 nitrogen and oxygen atoms in total. The molecule has 3 rings (SSSR count). The topological polar surface area (TPSA) is 192 Å². The maximum atomic E-state index is 13.4. The molecule has 1 saturated carbocycles. The molecule has 3 N–H and O–H groups in total. The van der Waals surface area contributed by atoms with E-state index in [0.717, 1.165) is 33.1 Å². The van der Waals surface area contributed by atoms with E-state index >= 15 is 0 Å². The summed E-state index contributed by atoms with van der Waals surface area (Å²) in [7, 11) is 0. The summed E-state index contributed by atoms with van der Waals surface area (Å²) in [5.74, 6) is -5.78. The Kier molecular flexibility index (Phi) is 12.1. The van der Waals surface area contributed by atoms with Crippen molar-refractivity contribution in [2.45, 2.75) is 154 Å². The lowest BCUT2D eigenvalue weighted by Gasteiger charge is -2.42. The Morgan fingerprint density at radius 1 is 1.02 bits per heavy atom. The summed E-state index contributed by atoms with van der Waals surface area (Å²) in [6.07, 6.45) is -3.01. The van der Waals surface area contributed by atoms with Crippen LogP contribution in [0.2, 0.25) is 0 Å². The maximum absolute atomic E-state index is 13.4. The van der Waals surface area contributed by atoms with E-state index in [1.165, 1.54) is 26.8 Å². The summed E-state index contributed by atoms with van der Waals surface area (Å²) in [5, 5.41) is 34.6. The molecule has 0 bridgehead atoms. The van der Waals surface area contributed by atoms with E-state index in [-0.39, 0.29) is 29.6 Å². The van der Waals surface area contributed by atoms with E-state index in [0.29, 0.717) is 12.8 Å². The van der Waals surface area contributed by atoms with Crippen LogP contribution in [0.4, 0.5) is 0 Å². The molecule has 1 aliphatic heterocycles. The first-order valence-electron chi connectivity index (χ1n) is 16.4. The van der Waals surface area contributed by atoms with Crippen LogP contribution < -0.4 is 0 Å². The summed E-state index contributed by atoms with van der Waals surface area (Å²) in [6.45, 7) is 12.1. The maximum Gasteiger partial charge on any atom is 0.341 e. The molecule has 0 aromatic heterocycles. The SMILES string of the molecule is C/C=C(/C)C(=O)O[C@H]1C(C)=C2[C@H]([C@@H]1OC(=O)[C@@H](O)CCCCCC)[C@@](C)(OC(C)=O)C[C@H](OC(=O)CCC)[C@@]1(O)[C@H]2OC(=O)[C@@]1(C)O. The van der Waals surface area contributed by atoms with E-state index < -0.39 is 89.5 Å². The molecular formula is C34H50O13. The number of unbranched alkanes of at least 4 members (excludes halogenated alkanes) is 3. The van der Waals surface area contributed by atoms with E-state index in [4.69, 9.17) is 23.7 Å². The van der Waals surface area contributed by atoms with E-state index in [2.05, 4.69) is 0 Å². The summed E-state index contributed by atoms with van der Waals surface area (Å²) < 4.78 is 29.0. The van der Waals surface area contributed by atoms with Crippen molar-refractivity contribution in [2.24, 2.45) is 5.92 Å². The fourth-order valence-corrected chi connectivity index (χ4v) is 6.91. The lowest BCUT2D eigenvalue weighted by molar-refractivity contribution is -0.212. The Bertz CT molecular complexity index is 1300. The Labute approximate surface area is 275 Å². The molecule has 9 atom stereocenters. The zero-order chi connectivity index (χ0) is 35.5. The average Bonchev–Trinajstić information content (AvgIpc) is 3.32. The molecule has 1 saturated heterocycles. The second kappa shape index (κ2) is 14.9. The summed E-state index contributed by atoms with van der Waals surface area (Å²) in [5.41, 5.74) is -6.53. The highest BCUT2D eigenvalue weighted by atomic mass is 16.6. The number of aliphatic hydroxyl groups excluding tert-OH is 1. The van der Waals surface area contributed by atoms with Gasteiger partial charge in [0.05, 0.1) is 5.92 Å². The number of hydrogen-bond donors (Lipinski definition) is 3. The molecule has 0 aromatic carbocycles. The smallest absolute Gasteiger partial charge is 0.341 e. The molecule has 0 spiro atoms. The van der Waals surface area contributed by atoms with Gasteiger partial charge in [0.25, 0.3) is 0 Å². The molecule has 47 heavy (non-hydrogen) atoms. The van der Waals surface area contributed by atoms with Crippen molar-refractivity contribution in [1.29, 1.82) is 0 Å². The van der Waals surface area contributed by atoms with E-state index in [1.54, 1.807) is 13.8 Å². The monoisotopic (exact) mass is 666 g/mol. The number of carbonyl (C=O) groups is 5. The zero-order valence-corrected chi connectivity index (χ0v) is 28.6. The Balaban J connectivity index is 2.26. The lowest BCUT2D eigenvalue weighted by atomic mass is 9.75. The van der Waals surface area contributed by atoms with E-state index in [9.17, 15) is 39.3 Å². The number of allylic oxidation sites excluding steroid dienone is 1. The molecule has 0 amide bonds. The summed E-state index contributed by atoms with van der Waals surface area (Å²) in [6, 6.07) is 0. The largest absolute Gasteiger partial charge is 0.459 e. The first-order valence-corrected chi connectivity index (χ1v) is 16.4. The van der Waals surface area contributed by atoms with Gasteiger partial charge >= 0.3 is 29.8 Å². The third-order valence-corrected chi connectivity index (χ3v) is 9.62. The molecule has 1 heterocycles. The molecule has 2 fully saturated rings. The Morgan fingerprint density at radius 2 is 1.68 bits per heavy atom. The van der Waals surface area contributed by atoms with Crippen LogP contribution in [-0.2, 0) is 47.7 Å². The summed E-state index contributed by atoms with van der Waals surface area (Å²) in [4.78, 5) is 65.2. The van der Waals surface area contributed by atoms with Crippen LogP contribution in [0.1, 0.15) is 107 Å². The van der Waals surface area contributed by atoms with Crippen LogP contribution in [0.3, 0.4) is 0 Å². The number of aliphatic hydroxyl groups is 3. The van der Waals surface area contributed by atoms with Crippen LogP contribution in [0.25, 0.3) is 0 Å². The van der Waals surface area contributed by atoms with Crippen molar-refractivity contribution in [3.63, 3.8) is 0 Å². The fraction of sp³-hybridized carbons (Fsp3) is 0.735. The molecule has 3 aliphatic rings. The standard InChI is InChI=1S/C34H50O13/c1-9-12-13-14-16-21(36)30(39)45-27-25-24(19(5)26(27)44-29(38)18(4)11-3)28-34(42,33(8,41)31(40)46-28)22(43-23(37)15-10-2)17-32(25,7)47-20(6)35/h11,21-22,25-28,36,41-42H,9-10,12-17H2,1-8H3/b18-11-/t21-,22-,25+,26-,27-,28-,32-,33+,34+/m0/s1. The van der Waals surface area contributed by atoms with Gasteiger partial charge in [0.1, 0.15) is 11.7 Å². The van der Waals surface area contributed by atoms with Gasteiger partial charge < -0.3 is 39.0 Å². The minimum absolute atomic E-state index is 0.0532. The normalized spacial score (nSPS) is 34.1. The molecule has 2 aliphatic carbocycles. The third-order valence-electron chi connectivity index (χ3n) is 9.62. The molecule has 0 unspecified atom stereocenters. The Hall–Kier alpha value is -3.29. The van der Waals surface area contributed by atoms with Crippen LogP contribution in [-0.4, -0.2) is 92.5 Å². The minimum Gasteiger partial charge on any atom is -0.459 e. The van der Waals surface area contributed by atoms with Gasteiger partial charge in [0.2, 0.25) is 0 Å². The van der Waals surface area contributed by atoms with Gasteiger partial charge in [-0.1, -0.05) is 45.6 Å². The number of carbonyl (C=O) groups excluding carboxylic acids is 5. The minimum atomic E-state index is -2.62. The van der Waals surface area contributed by atoms with E-state index in [1.807, 2.05) is 6.92 Å². The van der Waals surface area contributed by atoms with Gasteiger partial charge in [-0.25, -0.2) is 14.4 Å². The van der Waals surface area contributed by atoms with Crippen molar-refractivity contribution in [2.75, 3.05) is 0 Å². The van der Waals surface area contributed by atoms with Crippen molar-refractivity contribution in [3.8, 4) is 0 Å². The first-order chi connectivity index (χ1) is 21.9. The molecule has 0 aromatic rings. The van der Waals surface area contributed by atoms with Crippen LogP contribution in [0, 0.1) is 5.92 Å². The van der Waals surface area contributed by atoms with Gasteiger partial charge in [-0.15, -0.1) is 0 Å². The lowest BCUT2D eigenvalue weighted by Crippen LogP contribution is -2.64. The van der Waals surface area contributed by atoms with Crippen LogP contribution >= 0.6 is 0 Å². The number of hydrogen-bond acceptors (Lipinski definition) is 13. The number of esters is 5. The number of ether oxygens (including phenoxy) is 5. The quantitative estimate of drug-likeness (QED) is 0.0855. The molecule has 0 radical (unpaired) electrons. The van der Waals surface area contributed by atoms with Crippen molar-refractivity contribution < 1.29 is 63.0 Å². The van der Waals surface area contributed by atoms with Gasteiger partial charge in [0.15, 0.2) is 35.6 Å². The predicted molar refractivity (Wildman–Crippen MR) is 165 cm³/mol. The van der Waals surface area contributed by atoms with Crippen molar-refractivity contribution in [1.82, 2.24) is 0 Å². The van der Waals surface area contributed by atoms with Gasteiger partial charge in [-0.05, 0) is 58.6 Å². The second-order valence-electron chi connectivity index (χ2n) is 13.2. The van der Waals surface area contributed by atoms with Crippen LogP contribution in [0.15, 0.2) is 22.8 Å². The zero-order valence-electron chi connectivity index (χ0n) is 28.6. The van der Waals surface area contributed by atoms with Crippen molar-refractivity contribution >= 4 is 29.8 Å². The third kappa shape index (κ3) is 7.26. The van der Waals surface area contributed by atoms with Gasteiger partial charge in [-0.3, -0.25) is 9.59 Å². The highest BCUT2D eigenvalue weighted by molar-refractivity contribution is 5.88. The second-order valence-corrected chi connectivity index (χ2v) is 13.2.